The minimum atomic E-state index is 0.437. The maximum absolute atomic E-state index is 6.65. The summed E-state index contributed by atoms with van der Waals surface area (Å²) in [4.78, 5) is 4.49. The first-order valence-electron chi connectivity index (χ1n) is 7.64. The molecule has 0 saturated heterocycles. The zero-order valence-corrected chi connectivity index (χ0v) is 16.1. The summed E-state index contributed by atoms with van der Waals surface area (Å²) in [6.07, 6.45) is 4.28. The fourth-order valence-electron chi connectivity index (χ4n) is 2.78. The van der Waals surface area contributed by atoms with Crippen molar-refractivity contribution < 1.29 is 0 Å². The van der Waals surface area contributed by atoms with Crippen molar-refractivity contribution in [3.63, 3.8) is 0 Å². The average Bonchev–Trinajstić information content (AvgIpc) is 3.13. The fraction of sp³-hybridized carbons (Fsp3) is 0.0526. The second kappa shape index (κ2) is 6.79. The first-order valence-corrected chi connectivity index (χ1v) is 9.19. The van der Waals surface area contributed by atoms with E-state index in [2.05, 4.69) is 26.0 Å². The first kappa shape index (κ1) is 16.6. The van der Waals surface area contributed by atoms with E-state index >= 15 is 0 Å². The maximum atomic E-state index is 6.65. The number of pyridine rings is 1. The summed E-state index contributed by atoms with van der Waals surface area (Å²) < 4.78 is 2.73. The number of aromatic nitrogens is 3. The smallest absolute Gasteiger partial charge is 0.134 e. The molecule has 0 fully saturated rings. The van der Waals surface area contributed by atoms with Gasteiger partial charge in [-0.25, -0.2) is 9.67 Å². The van der Waals surface area contributed by atoms with Gasteiger partial charge in [-0.05, 0) is 35.9 Å². The molecule has 0 aliphatic rings. The van der Waals surface area contributed by atoms with Crippen molar-refractivity contribution in [1.29, 1.82) is 0 Å². The van der Waals surface area contributed by atoms with E-state index in [1.165, 1.54) is 0 Å². The largest absolute Gasteiger partial charge is 0.241 e. The van der Waals surface area contributed by atoms with Gasteiger partial charge in [0.2, 0.25) is 0 Å². The van der Waals surface area contributed by atoms with Crippen LogP contribution in [-0.4, -0.2) is 14.8 Å². The van der Waals surface area contributed by atoms with Gasteiger partial charge in [-0.1, -0.05) is 57.3 Å². The third kappa shape index (κ3) is 3.17. The number of hydrogen-bond donors (Lipinski definition) is 0. The van der Waals surface area contributed by atoms with E-state index in [1.54, 1.807) is 6.20 Å². The summed E-state index contributed by atoms with van der Waals surface area (Å²) in [6.45, 7) is 0. The number of rotatable bonds is 3. The SMILES string of the molecule is Clc1nc2cccc(Br)c2c(Cl)c1Cc1ccc(-n2cccn2)cc1. The van der Waals surface area contributed by atoms with Gasteiger partial charge in [0.15, 0.2) is 0 Å². The monoisotopic (exact) mass is 431 g/mol. The Morgan fingerprint density at radius 3 is 2.52 bits per heavy atom. The highest BCUT2D eigenvalue weighted by Crippen LogP contribution is 2.36. The summed E-state index contributed by atoms with van der Waals surface area (Å²) in [5.41, 5.74) is 3.72. The second-order valence-corrected chi connectivity index (χ2v) is 7.21. The predicted molar refractivity (Wildman–Crippen MR) is 106 cm³/mol. The van der Waals surface area contributed by atoms with Crippen LogP contribution in [0, 0.1) is 0 Å². The average molecular weight is 433 g/mol. The van der Waals surface area contributed by atoms with Gasteiger partial charge in [0.05, 0.1) is 16.2 Å². The molecular weight excluding hydrogens is 421 g/mol. The Kier molecular flexibility index (Phi) is 4.50. The molecule has 124 valence electrons. The van der Waals surface area contributed by atoms with Gasteiger partial charge in [-0.15, -0.1) is 0 Å². The number of hydrogen-bond acceptors (Lipinski definition) is 2. The Morgan fingerprint density at radius 1 is 1.00 bits per heavy atom. The van der Waals surface area contributed by atoms with Crippen LogP contribution in [0.3, 0.4) is 0 Å². The van der Waals surface area contributed by atoms with E-state index in [0.29, 0.717) is 16.6 Å². The highest BCUT2D eigenvalue weighted by atomic mass is 79.9. The number of benzene rings is 2. The predicted octanol–water partition coefficient (Wildman–Crippen LogP) is 6.08. The highest BCUT2D eigenvalue weighted by molar-refractivity contribution is 9.10. The molecule has 0 unspecified atom stereocenters. The van der Waals surface area contributed by atoms with Gasteiger partial charge in [0.25, 0.3) is 0 Å². The van der Waals surface area contributed by atoms with Gasteiger partial charge in [-0.2, -0.15) is 5.10 Å². The highest BCUT2D eigenvalue weighted by Gasteiger charge is 2.15. The van der Waals surface area contributed by atoms with E-state index in [9.17, 15) is 0 Å². The molecule has 0 radical (unpaired) electrons. The van der Waals surface area contributed by atoms with Gasteiger partial charge < -0.3 is 0 Å². The third-order valence-corrected chi connectivity index (χ3v) is 5.42. The van der Waals surface area contributed by atoms with Crippen LogP contribution < -0.4 is 0 Å². The molecular formula is C19H12BrCl2N3. The van der Waals surface area contributed by atoms with Crippen molar-refractivity contribution in [1.82, 2.24) is 14.8 Å². The Bertz CT molecular complexity index is 1040. The van der Waals surface area contributed by atoms with Crippen molar-refractivity contribution in [3.8, 4) is 5.69 Å². The maximum Gasteiger partial charge on any atom is 0.134 e. The molecule has 0 atom stereocenters. The second-order valence-electron chi connectivity index (χ2n) is 5.62. The van der Waals surface area contributed by atoms with Crippen LogP contribution >= 0.6 is 39.1 Å². The summed E-state index contributed by atoms with van der Waals surface area (Å²) >= 11 is 16.6. The summed E-state index contributed by atoms with van der Waals surface area (Å²) in [5, 5.41) is 6.19. The molecule has 0 aliphatic carbocycles. The van der Waals surface area contributed by atoms with E-state index < -0.39 is 0 Å². The van der Waals surface area contributed by atoms with E-state index in [0.717, 1.165) is 32.2 Å². The minimum Gasteiger partial charge on any atom is -0.241 e. The van der Waals surface area contributed by atoms with Crippen molar-refractivity contribution >= 4 is 50.0 Å². The molecule has 2 aromatic carbocycles. The topological polar surface area (TPSA) is 30.7 Å². The quantitative estimate of drug-likeness (QED) is 0.367. The Balaban J connectivity index is 1.72. The molecule has 3 nitrogen and oxygen atoms in total. The van der Waals surface area contributed by atoms with Crippen LogP contribution in [-0.2, 0) is 6.42 Å². The van der Waals surface area contributed by atoms with Crippen LogP contribution in [0.25, 0.3) is 16.6 Å². The Hall–Kier alpha value is -1.88. The summed E-state index contributed by atoms with van der Waals surface area (Å²) in [5.74, 6) is 0. The van der Waals surface area contributed by atoms with Gasteiger partial charge in [-0.3, -0.25) is 0 Å². The lowest BCUT2D eigenvalue weighted by Crippen LogP contribution is -1.97. The van der Waals surface area contributed by atoms with Crippen LogP contribution in [0.2, 0.25) is 10.2 Å². The van der Waals surface area contributed by atoms with E-state index in [-0.39, 0.29) is 0 Å². The van der Waals surface area contributed by atoms with Crippen molar-refractivity contribution in [2.75, 3.05) is 0 Å². The molecule has 6 heteroatoms. The normalized spacial score (nSPS) is 11.2. The lowest BCUT2D eigenvalue weighted by molar-refractivity contribution is 0.879. The molecule has 4 rings (SSSR count). The van der Waals surface area contributed by atoms with Gasteiger partial charge in [0, 0.05) is 34.2 Å². The molecule has 25 heavy (non-hydrogen) atoms. The van der Waals surface area contributed by atoms with Gasteiger partial charge >= 0.3 is 0 Å². The standard InChI is InChI=1S/C19H12BrCl2N3/c20-15-3-1-4-16-17(15)18(21)14(19(22)24-16)11-12-5-7-13(8-6-12)25-10-2-9-23-25/h1-10H,11H2. The van der Waals surface area contributed by atoms with Crippen LogP contribution in [0.1, 0.15) is 11.1 Å². The molecule has 0 amide bonds. The molecule has 0 N–H and O–H groups in total. The summed E-state index contributed by atoms with van der Waals surface area (Å²) in [7, 11) is 0. The Morgan fingerprint density at radius 2 is 1.80 bits per heavy atom. The molecule has 4 aromatic rings. The van der Waals surface area contributed by atoms with Gasteiger partial charge in [0.1, 0.15) is 5.15 Å². The van der Waals surface area contributed by atoms with Crippen LogP contribution in [0.15, 0.2) is 65.4 Å². The van der Waals surface area contributed by atoms with Crippen LogP contribution in [0.5, 0.6) is 0 Å². The molecule has 2 heterocycles. The lowest BCUT2D eigenvalue weighted by Gasteiger charge is -2.11. The molecule has 0 aliphatic heterocycles. The number of nitrogens with zero attached hydrogens (tertiary/aromatic N) is 3. The van der Waals surface area contributed by atoms with E-state index in [4.69, 9.17) is 23.2 Å². The van der Waals surface area contributed by atoms with Crippen LogP contribution in [0.4, 0.5) is 0 Å². The first-order chi connectivity index (χ1) is 12.1. The molecule has 0 bridgehead atoms. The minimum absolute atomic E-state index is 0.437. The Labute approximate surface area is 163 Å². The van der Waals surface area contributed by atoms with E-state index in [1.807, 2.05) is 59.4 Å². The lowest BCUT2D eigenvalue weighted by atomic mass is 10.0. The fourth-order valence-corrected chi connectivity index (χ4v) is 4.10. The zero-order valence-electron chi connectivity index (χ0n) is 13.0. The molecule has 2 aromatic heterocycles. The van der Waals surface area contributed by atoms with Crippen molar-refractivity contribution in [3.05, 3.63) is 86.7 Å². The third-order valence-electron chi connectivity index (χ3n) is 4.03. The number of fused-ring (bicyclic) bond motifs is 1. The zero-order chi connectivity index (χ0) is 17.4. The van der Waals surface area contributed by atoms with Crippen molar-refractivity contribution in [2.24, 2.45) is 0 Å². The summed E-state index contributed by atoms with van der Waals surface area (Å²) in [6, 6.07) is 15.8. The number of halogens is 3. The molecule has 0 saturated carbocycles. The van der Waals surface area contributed by atoms with Crippen molar-refractivity contribution in [2.45, 2.75) is 6.42 Å². The molecule has 0 spiro atoms.